The van der Waals surface area contributed by atoms with Gasteiger partial charge < -0.3 is 10.8 Å². The van der Waals surface area contributed by atoms with Crippen LogP contribution < -0.4 is 5.73 Å². The van der Waals surface area contributed by atoms with Crippen LogP contribution in [0.4, 0.5) is 0 Å². The predicted octanol–water partition coefficient (Wildman–Crippen LogP) is 2.14. The minimum atomic E-state index is -0.857. The van der Waals surface area contributed by atoms with Crippen molar-refractivity contribution in [3.8, 4) is 0 Å². The molecule has 1 aromatic carbocycles. The fourth-order valence-corrected chi connectivity index (χ4v) is 4.37. The highest BCUT2D eigenvalue weighted by molar-refractivity contribution is 5.76. The van der Waals surface area contributed by atoms with Crippen molar-refractivity contribution < 1.29 is 9.90 Å². The van der Waals surface area contributed by atoms with E-state index in [9.17, 15) is 4.79 Å². The Hall–Kier alpha value is -1.35. The lowest BCUT2D eigenvalue weighted by Crippen LogP contribution is -2.72. The molecular formula is C15H19NO2. The van der Waals surface area contributed by atoms with Crippen molar-refractivity contribution in [2.24, 2.45) is 11.1 Å². The molecule has 3 N–H and O–H groups in total. The third-order valence-corrected chi connectivity index (χ3v) is 5.01. The molecular weight excluding hydrogens is 226 g/mol. The maximum absolute atomic E-state index is 11.0. The van der Waals surface area contributed by atoms with Gasteiger partial charge in [-0.3, -0.25) is 4.79 Å². The zero-order chi connectivity index (χ0) is 13.1. The summed E-state index contributed by atoms with van der Waals surface area (Å²) in [5.74, 6) is -0.857. The van der Waals surface area contributed by atoms with Crippen LogP contribution in [0, 0.1) is 19.3 Å². The highest BCUT2D eigenvalue weighted by Crippen LogP contribution is 2.75. The molecule has 0 aromatic heterocycles. The second kappa shape index (κ2) is 3.35. The van der Waals surface area contributed by atoms with Crippen molar-refractivity contribution >= 4 is 5.97 Å². The first-order valence-corrected chi connectivity index (χ1v) is 6.45. The summed E-state index contributed by atoms with van der Waals surface area (Å²) in [5, 5.41) is 9.05. The van der Waals surface area contributed by atoms with Gasteiger partial charge in [0.2, 0.25) is 0 Å². The molecule has 0 spiro atoms. The van der Waals surface area contributed by atoms with Gasteiger partial charge in [0.25, 0.3) is 0 Å². The van der Waals surface area contributed by atoms with Crippen LogP contribution >= 0.6 is 0 Å². The van der Waals surface area contributed by atoms with Crippen molar-refractivity contribution in [1.29, 1.82) is 0 Å². The molecule has 4 rings (SSSR count). The quantitative estimate of drug-likeness (QED) is 0.857. The van der Waals surface area contributed by atoms with Gasteiger partial charge in [-0.2, -0.15) is 0 Å². The van der Waals surface area contributed by atoms with E-state index < -0.39 is 12.0 Å². The Bertz CT molecular complexity index is 495. The van der Waals surface area contributed by atoms with Crippen molar-refractivity contribution in [3.05, 3.63) is 34.9 Å². The Balaban J connectivity index is 1.87. The number of aliphatic carboxylic acids is 1. The largest absolute Gasteiger partial charge is 0.480 e. The molecule has 0 saturated heterocycles. The van der Waals surface area contributed by atoms with Gasteiger partial charge in [0, 0.05) is 0 Å². The van der Waals surface area contributed by atoms with E-state index in [4.69, 9.17) is 10.8 Å². The number of rotatable bonds is 3. The summed E-state index contributed by atoms with van der Waals surface area (Å²) in [6.45, 7) is 4.29. The average molecular weight is 245 g/mol. The lowest BCUT2D eigenvalue weighted by atomic mass is 9.31. The Morgan fingerprint density at radius 3 is 2.22 bits per heavy atom. The first-order chi connectivity index (χ1) is 8.40. The number of aryl methyl sites for hydroxylation is 2. The van der Waals surface area contributed by atoms with Gasteiger partial charge in [0.15, 0.2) is 0 Å². The molecule has 1 aromatic rings. The molecule has 0 aliphatic heterocycles. The summed E-state index contributed by atoms with van der Waals surface area (Å²) in [5.41, 5.74) is 9.99. The van der Waals surface area contributed by atoms with Gasteiger partial charge in [-0.1, -0.05) is 18.2 Å². The summed E-state index contributed by atoms with van der Waals surface area (Å²) >= 11 is 0. The van der Waals surface area contributed by atoms with Gasteiger partial charge in [-0.25, -0.2) is 0 Å². The van der Waals surface area contributed by atoms with Crippen LogP contribution in [0.3, 0.4) is 0 Å². The minimum Gasteiger partial charge on any atom is -0.480 e. The highest BCUT2D eigenvalue weighted by atomic mass is 16.4. The Kier molecular flexibility index (Phi) is 2.18. The number of benzene rings is 1. The summed E-state index contributed by atoms with van der Waals surface area (Å²) in [7, 11) is 0. The molecule has 3 nitrogen and oxygen atoms in total. The SMILES string of the molecule is Cc1cccc(C)c1C12CC(C(N)C(=O)O)(C1)C2. The number of nitrogens with two attached hydrogens (primary N) is 1. The van der Waals surface area contributed by atoms with Crippen molar-refractivity contribution in [1.82, 2.24) is 0 Å². The number of hydrogen-bond acceptors (Lipinski definition) is 2. The zero-order valence-electron chi connectivity index (χ0n) is 10.9. The van der Waals surface area contributed by atoms with Gasteiger partial charge in [-0.15, -0.1) is 0 Å². The minimum absolute atomic E-state index is 0.124. The average Bonchev–Trinajstić information content (AvgIpc) is 2.17. The van der Waals surface area contributed by atoms with E-state index in [1.165, 1.54) is 16.7 Å². The monoisotopic (exact) mass is 245 g/mol. The summed E-state index contributed by atoms with van der Waals surface area (Å²) < 4.78 is 0. The summed E-state index contributed by atoms with van der Waals surface area (Å²) in [4.78, 5) is 11.0. The van der Waals surface area contributed by atoms with E-state index in [2.05, 4.69) is 32.0 Å². The Morgan fingerprint density at radius 1 is 1.28 bits per heavy atom. The first kappa shape index (κ1) is 11.7. The van der Waals surface area contributed by atoms with E-state index in [0.29, 0.717) is 0 Å². The molecule has 3 heteroatoms. The van der Waals surface area contributed by atoms with E-state index >= 15 is 0 Å². The molecule has 96 valence electrons. The number of hydrogen-bond donors (Lipinski definition) is 2. The van der Waals surface area contributed by atoms with Crippen molar-refractivity contribution in [2.75, 3.05) is 0 Å². The molecule has 1 atom stereocenters. The number of carbonyl (C=O) groups is 1. The Labute approximate surface area is 107 Å². The van der Waals surface area contributed by atoms with Crippen molar-refractivity contribution in [2.45, 2.75) is 44.6 Å². The molecule has 0 radical (unpaired) electrons. The summed E-state index contributed by atoms with van der Waals surface area (Å²) in [6.07, 6.45) is 2.83. The molecule has 3 aliphatic rings. The van der Waals surface area contributed by atoms with Gasteiger partial charge in [0.1, 0.15) is 6.04 Å². The van der Waals surface area contributed by atoms with Crippen LogP contribution in [0.15, 0.2) is 18.2 Å². The van der Waals surface area contributed by atoms with Crippen LogP contribution in [0.25, 0.3) is 0 Å². The maximum atomic E-state index is 11.0. The van der Waals surface area contributed by atoms with Crippen molar-refractivity contribution in [3.63, 3.8) is 0 Å². The maximum Gasteiger partial charge on any atom is 0.321 e. The van der Waals surface area contributed by atoms with Crippen LogP contribution in [0.5, 0.6) is 0 Å². The lowest BCUT2D eigenvalue weighted by Gasteiger charge is -2.73. The number of carboxylic acids is 1. The molecule has 2 bridgehead atoms. The Morgan fingerprint density at radius 2 is 1.78 bits per heavy atom. The zero-order valence-corrected chi connectivity index (χ0v) is 10.9. The standard InChI is InChI=1S/C15H19NO2/c1-9-4-3-5-10(2)11(9)14-6-15(7-14,8-14)12(16)13(17)18/h3-5,12H,6-8,16H2,1-2H3,(H,17,18). The fourth-order valence-electron chi connectivity index (χ4n) is 4.37. The molecule has 3 aliphatic carbocycles. The second-order valence-electron chi connectivity index (χ2n) is 6.26. The third-order valence-electron chi connectivity index (χ3n) is 5.01. The normalized spacial score (nSPS) is 34.4. The second-order valence-corrected chi connectivity index (χ2v) is 6.26. The smallest absolute Gasteiger partial charge is 0.321 e. The molecule has 3 fully saturated rings. The van der Waals surface area contributed by atoms with E-state index in [1.807, 2.05) is 0 Å². The van der Waals surface area contributed by atoms with Gasteiger partial charge in [0.05, 0.1) is 0 Å². The molecule has 0 amide bonds. The van der Waals surface area contributed by atoms with Gasteiger partial charge >= 0.3 is 5.97 Å². The third kappa shape index (κ3) is 1.25. The molecule has 3 saturated carbocycles. The van der Waals surface area contributed by atoms with Crippen LogP contribution in [-0.2, 0) is 10.2 Å². The summed E-state index contributed by atoms with van der Waals surface area (Å²) in [6, 6.07) is 5.68. The first-order valence-electron chi connectivity index (χ1n) is 6.45. The van der Waals surface area contributed by atoms with E-state index in [0.717, 1.165) is 19.3 Å². The number of carboxylic acid groups (broad SMARTS) is 1. The molecule has 0 heterocycles. The predicted molar refractivity (Wildman–Crippen MR) is 69.5 cm³/mol. The highest BCUT2D eigenvalue weighted by Gasteiger charge is 2.72. The van der Waals surface area contributed by atoms with Crippen LogP contribution in [0.1, 0.15) is 36.0 Å². The van der Waals surface area contributed by atoms with E-state index in [-0.39, 0.29) is 10.8 Å². The fraction of sp³-hybridized carbons (Fsp3) is 0.533. The van der Waals surface area contributed by atoms with Gasteiger partial charge in [-0.05, 0) is 60.6 Å². The topological polar surface area (TPSA) is 63.3 Å². The van der Waals surface area contributed by atoms with Crippen LogP contribution in [0.2, 0.25) is 0 Å². The molecule has 1 unspecified atom stereocenters. The lowest BCUT2D eigenvalue weighted by molar-refractivity contribution is -0.179. The van der Waals surface area contributed by atoms with Crippen LogP contribution in [-0.4, -0.2) is 17.1 Å². The molecule has 18 heavy (non-hydrogen) atoms. The van der Waals surface area contributed by atoms with E-state index in [1.54, 1.807) is 0 Å².